The Kier molecular flexibility index (Phi) is 6.25. The second-order valence-electron chi connectivity index (χ2n) is 6.38. The molecule has 3 rings (SSSR count). The average Bonchev–Trinajstić information content (AvgIpc) is 3.07. The fraction of sp³-hybridized carbons (Fsp3) is 0.556. The molecule has 2 N–H and O–H groups in total. The van der Waals surface area contributed by atoms with Crippen LogP contribution in [0.3, 0.4) is 0 Å². The molecule has 0 aromatic heterocycles. The summed E-state index contributed by atoms with van der Waals surface area (Å²) in [7, 11) is 0. The van der Waals surface area contributed by atoms with Gasteiger partial charge in [-0.3, -0.25) is 14.5 Å². The van der Waals surface area contributed by atoms with E-state index < -0.39 is 0 Å². The molecule has 0 atom stereocenters. The third-order valence-electron chi connectivity index (χ3n) is 4.53. The summed E-state index contributed by atoms with van der Waals surface area (Å²) in [6, 6.07) is 7.36. The lowest BCUT2D eigenvalue weighted by Crippen LogP contribution is -2.46. The fourth-order valence-corrected chi connectivity index (χ4v) is 3.15. The molecule has 0 saturated carbocycles. The fourth-order valence-electron chi connectivity index (χ4n) is 3.15. The second-order valence-corrected chi connectivity index (χ2v) is 6.38. The molecule has 136 valence electrons. The molecule has 0 unspecified atom stereocenters. The highest BCUT2D eigenvalue weighted by Crippen LogP contribution is 2.25. The van der Waals surface area contributed by atoms with Crippen LogP contribution in [0.4, 0.5) is 5.69 Å². The Hall–Kier alpha value is -2.12. The van der Waals surface area contributed by atoms with Crippen molar-refractivity contribution in [3.63, 3.8) is 0 Å². The van der Waals surface area contributed by atoms with E-state index in [1.54, 1.807) is 11.0 Å². The van der Waals surface area contributed by atoms with Gasteiger partial charge in [-0.25, -0.2) is 0 Å². The van der Waals surface area contributed by atoms with Crippen LogP contribution in [0.15, 0.2) is 24.3 Å². The largest absolute Gasteiger partial charge is 0.484 e. The molecular formula is C18H26N4O3. The van der Waals surface area contributed by atoms with Crippen molar-refractivity contribution < 1.29 is 14.3 Å². The number of piperazine rings is 1. The molecule has 25 heavy (non-hydrogen) atoms. The number of anilines is 1. The minimum Gasteiger partial charge on any atom is -0.484 e. The normalized spacial score (nSPS) is 18.4. The summed E-state index contributed by atoms with van der Waals surface area (Å²) in [4.78, 5) is 27.8. The van der Waals surface area contributed by atoms with E-state index >= 15 is 0 Å². The van der Waals surface area contributed by atoms with Crippen molar-refractivity contribution in [1.29, 1.82) is 0 Å². The molecule has 2 saturated heterocycles. The van der Waals surface area contributed by atoms with E-state index in [1.807, 2.05) is 18.2 Å². The third kappa shape index (κ3) is 5.17. The summed E-state index contributed by atoms with van der Waals surface area (Å²) < 4.78 is 5.57. The highest BCUT2D eigenvalue weighted by molar-refractivity contribution is 5.95. The van der Waals surface area contributed by atoms with Gasteiger partial charge < -0.3 is 20.3 Å². The van der Waals surface area contributed by atoms with Crippen LogP contribution in [0.5, 0.6) is 5.75 Å². The van der Waals surface area contributed by atoms with Gasteiger partial charge in [-0.1, -0.05) is 6.07 Å². The first-order chi connectivity index (χ1) is 12.2. The number of carbonyl (C=O) groups is 2. The van der Waals surface area contributed by atoms with Crippen LogP contribution < -0.4 is 20.3 Å². The van der Waals surface area contributed by atoms with E-state index in [2.05, 4.69) is 15.5 Å². The lowest BCUT2D eigenvalue weighted by atomic mass is 10.3. The summed E-state index contributed by atoms with van der Waals surface area (Å²) in [5.74, 6) is 0.620. The van der Waals surface area contributed by atoms with Crippen LogP contribution in [-0.4, -0.2) is 69.1 Å². The molecule has 1 aromatic carbocycles. The summed E-state index contributed by atoms with van der Waals surface area (Å²) in [5.41, 5.74) is 0.833. The highest BCUT2D eigenvalue weighted by Gasteiger charge is 2.21. The predicted octanol–water partition coefficient (Wildman–Crippen LogP) is 0.214. The monoisotopic (exact) mass is 346 g/mol. The molecule has 0 spiro atoms. The van der Waals surface area contributed by atoms with E-state index in [9.17, 15) is 9.59 Å². The minimum absolute atomic E-state index is 0.0149. The standard InChI is InChI=1S/C18H26N4O3/c23-17(20-8-12-21-10-6-19-7-11-21)14-25-16-4-1-3-15(13-16)22-9-2-5-18(22)24/h1,3-4,13,19H,2,5-12,14H2,(H,20,23). The van der Waals surface area contributed by atoms with E-state index in [1.165, 1.54) is 0 Å². The van der Waals surface area contributed by atoms with Crippen LogP contribution in [0.25, 0.3) is 0 Å². The molecule has 1 aromatic rings. The van der Waals surface area contributed by atoms with Gasteiger partial charge in [-0.2, -0.15) is 0 Å². The van der Waals surface area contributed by atoms with Crippen molar-refractivity contribution in [3.05, 3.63) is 24.3 Å². The van der Waals surface area contributed by atoms with Crippen molar-refractivity contribution >= 4 is 17.5 Å². The minimum atomic E-state index is -0.127. The number of hydrogen-bond acceptors (Lipinski definition) is 5. The topological polar surface area (TPSA) is 73.9 Å². The number of nitrogens with zero attached hydrogens (tertiary/aromatic N) is 2. The summed E-state index contributed by atoms with van der Waals surface area (Å²) >= 11 is 0. The Morgan fingerprint density at radius 2 is 2.08 bits per heavy atom. The van der Waals surface area contributed by atoms with Gasteiger partial charge in [-0.15, -0.1) is 0 Å². The Balaban J connectivity index is 1.40. The summed E-state index contributed by atoms with van der Waals surface area (Å²) in [6.45, 7) is 6.28. The molecule has 2 fully saturated rings. The molecule has 0 radical (unpaired) electrons. The van der Waals surface area contributed by atoms with Gasteiger partial charge >= 0.3 is 0 Å². The number of amides is 2. The summed E-state index contributed by atoms with van der Waals surface area (Å²) in [6.07, 6.45) is 1.49. The van der Waals surface area contributed by atoms with Gasteiger partial charge in [-0.05, 0) is 18.6 Å². The molecule has 2 amide bonds. The number of nitrogens with one attached hydrogen (secondary N) is 2. The Morgan fingerprint density at radius 1 is 1.24 bits per heavy atom. The molecule has 2 heterocycles. The molecule has 7 nitrogen and oxygen atoms in total. The maximum atomic E-state index is 11.9. The maximum absolute atomic E-state index is 11.9. The Labute approximate surface area is 148 Å². The molecule has 7 heteroatoms. The molecule has 0 aliphatic carbocycles. The highest BCUT2D eigenvalue weighted by atomic mass is 16.5. The quantitative estimate of drug-likeness (QED) is 0.739. The van der Waals surface area contributed by atoms with E-state index in [0.717, 1.165) is 51.4 Å². The van der Waals surface area contributed by atoms with Gasteiger partial charge in [0.1, 0.15) is 5.75 Å². The lowest BCUT2D eigenvalue weighted by Gasteiger charge is -2.27. The SMILES string of the molecule is O=C(COc1cccc(N2CCCC2=O)c1)NCCN1CCNCC1. The first-order valence-corrected chi connectivity index (χ1v) is 8.95. The van der Waals surface area contributed by atoms with Crippen LogP contribution in [0.1, 0.15) is 12.8 Å². The first kappa shape index (κ1) is 17.7. The second kappa shape index (κ2) is 8.82. The molecule has 0 bridgehead atoms. The molecule has 2 aliphatic rings. The number of benzene rings is 1. The van der Waals surface area contributed by atoms with E-state index in [-0.39, 0.29) is 18.4 Å². The average molecular weight is 346 g/mol. The van der Waals surface area contributed by atoms with Gasteiger partial charge in [0.15, 0.2) is 6.61 Å². The molecular weight excluding hydrogens is 320 g/mol. The number of carbonyl (C=O) groups excluding carboxylic acids is 2. The zero-order valence-corrected chi connectivity index (χ0v) is 14.5. The molecule has 2 aliphatic heterocycles. The van der Waals surface area contributed by atoms with Crippen LogP contribution in [0.2, 0.25) is 0 Å². The van der Waals surface area contributed by atoms with Crippen molar-refractivity contribution in [3.8, 4) is 5.75 Å². The zero-order chi connectivity index (χ0) is 17.5. The number of hydrogen-bond donors (Lipinski definition) is 2. The van der Waals surface area contributed by atoms with Crippen molar-refractivity contribution in [2.75, 3.05) is 57.3 Å². The van der Waals surface area contributed by atoms with Crippen molar-refractivity contribution in [2.45, 2.75) is 12.8 Å². The van der Waals surface area contributed by atoms with Crippen molar-refractivity contribution in [2.24, 2.45) is 0 Å². The van der Waals surface area contributed by atoms with Crippen LogP contribution in [0, 0.1) is 0 Å². The number of ether oxygens (including phenoxy) is 1. The lowest BCUT2D eigenvalue weighted by molar-refractivity contribution is -0.123. The smallest absolute Gasteiger partial charge is 0.257 e. The van der Waals surface area contributed by atoms with E-state index in [0.29, 0.717) is 18.7 Å². The summed E-state index contributed by atoms with van der Waals surface area (Å²) in [5, 5.41) is 6.19. The zero-order valence-electron chi connectivity index (χ0n) is 14.5. The van der Waals surface area contributed by atoms with Crippen LogP contribution >= 0.6 is 0 Å². The van der Waals surface area contributed by atoms with Crippen LogP contribution in [-0.2, 0) is 9.59 Å². The van der Waals surface area contributed by atoms with E-state index in [4.69, 9.17) is 4.74 Å². The van der Waals surface area contributed by atoms with Crippen molar-refractivity contribution in [1.82, 2.24) is 15.5 Å². The first-order valence-electron chi connectivity index (χ1n) is 8.95. The van der Waals surface area contributed by atoms with Gasteiger partial charge in [0, 0.05) is 64.0 Å². The maximum Gasteiger partial charge on any atom is 0.257 e. The predicted molar refractivity (Wildman–Crippen MR) is 95.8 cm³/mol. The van der Waals surface area contributed by atoms with Gasteiger partial charge in [0.25, 0.3) is 5.91 Å². The third-order valence-corrected chi connectivity index (χ3v) is 4.53. The Bertz CT molecular complexity index is 602. The Morgan fingerprint density at radius 3 is 2.84 bits per heavy atom. The van der Waals surface area contributed by atoms with Gasteiger partial charge in [0.05, 0.1) is 0 Å². The number of rotatable bonds is 7. The van der Waals surface area contributed by atoms with Gasteiger partial charge in [0.2, 0.25) is 5.91 Å².